The molecule has 4 N–H and O–H groups in total. The Bertz CT molecular complexity index is 696. The van der Waals surface area contributed by atoms with Crippen LogP contribution in [0.4, 0.5) is 16.2 Å². The van der Waals surface area contributed by atoms with Gasteiger partial charge in [0.25, 0.3) is 5.91 Å². The molecule has 0 bridgehead atoms. The summed E-state index contributed by atoms with van der Waals surface area (Å²) in [5.74, 6) is -0.188. The number of amides is 3. The maximum atomic E-state index is 12.3. The summed E-state index contributed by atoms with van der Waals surface area (Å²) < 4.78 is 0. The molecule has 3 amide bonds. The summed E-state index contributed by atoms with van der Waals surface area (Å²) in [6, 6.07) is 11.8. The second-order valence-corrected chi connectivity index (χ2v) is 4.77. The van der Waals surface area contributed by atoms with E-state index in [1.165, 1.54) is 0 Å². The number of urea groups is 1. The van der Waals surface area contributed by atoms with E-state index < -0.39 is 6.03 Å². The average molecular weight is 283 g/mol. The number of nitrogens with one attached hydrogen (secondary N) is 2. The van der Waals surface area contributed by atoms with Crippen LogP contribution in [0.25, 0.3) is 0 Å². The number of rotatable bonds is 3. The molecule has 0 fully saturated rings. The minimum Gasteiger partial charge on any atom is -0.351 e. The van der Waals surface area contributed by atoms with Crippen LogP contribution in [-0.2, 0) is 0 Å². The number of hydrogen-bond donors (Lipinski definition) is 3. The van der Waals surface area contributed by atoms with Crippen molar-refractivity contribution in [2.75, 3.05) is 10.6 Å². The molecule has 2 aromatic rings. The predicted octanol–water partition coefficient (Wildman–Crippen LogP) is 3.05. The lowest BCUT2D eigenvalue weighted by Gasteiger charge is -2.10. The van der Waals surface area contributed by atoms with Crippen LogP contribution in [0.2, 0.25) is 0 Å². The third kappa shape index (κ3) is 3.60. The van der Waals surface area contributed by atoms with Gasteiger partial charge in [0, 0.05) is 16.9 Å². The van der Waals surface area contributed by atoms with Crippen LogP contribution in [-0.4, -0.2) is 11.9 Å². The van der Waals surface area contributed by atoms with Crippen molar-refractivity contribution in [2.24, 2.45) is 5.73 Å². The number of aryl methyl sites for hydroxylation is 1. The topological polar surface area (TPSA) is 84.2 Å². The highest BCUT2D eigenvalue weighted by Crippen LogP contribution is 2.18. The van der Waals surface area contributed by atoms with Crippen LogP contribution in [0.5, 0.6) is 0 Å². The van der Waals surface area contributed by atoms with Gasteiger partial charge in [-0.2, -0.15) is 0 Å². The number of nitrogens with two attached hydrogens (primary N) is 1. The van der Waals surface area contributed by atoms with E-state index in [1.54, 1.807) is 30.3 Å². The normalized spacial score (nSPS) is 10.0. The first-order valence-electron chi connectivity index (χ1n) is 6.51. The third-order valence-corrected chi connectivity index (χ3v) is 3.24. The van der Waals surface area contributed by atoms with E-state index in [1.807, 2.05) is 26.0 Å². The predicted molar refractivity (Wildman–Crippen MR) is 83.5 cm³/mol. The smallest absolute Gasteiger partial charge is 0.316 e. The number of anilines is 2. The van der Waals surface area contributed by atoms with Gasteiger partial charge in [-0.1, -0.05) is 18.2 Å². The zero-order valence-corrected chi connectivity index (χ0v) is 11.9. The van der Waals surface area contributed by atoms with Crippen LogP contribution in [0.3, 0.4) is 0 Å². The molecule has 21 heavy (non-hydrogen) atoms. The number of hydrogen-bond acceptors (Lipinski definition) is 2. The van der Waals surface area contributed by atoms with Crippen LogP contribution >= 0.6 is 0 Å². The van der Waals surface area contributed by atoms with Crippen molar-refractivity contribution in [3.63, 3.8) is 0 Å². The summed E-state index contributed by atoms with van der Waals surface area (Å²) in [5.41, 5.74) is 8.82. The zero-order valence-electron chi connectivity index (χ0n) is 11.9. The standard InChI is InChI=1S/C16H17N3O2/c1-10-5-3-8-14(11(10)2)15(20)18-12-6-4-7-13(9-12)19-16(17)21/h3-9H,1-2H3,(H,18,20)(H3,17,19,21). The van der Waals surface area contributed by atoms with Crippen molar-refractivity contribution in [1.82, 2.24) is 0 Å². The van der Waals surface area contributed by atoms with Gasteiger partial charge in [-0.05, 0) is 49.2 Å². The van der Waals surface area contributed by atoms with E-state index in [0.29, 0.717) is 16.9 Å². The van der Waals surface area contributed by atoms with Gasteiger partial charge in [0.2, 0.25) is 0 Å². The molecule has 108 valence electrons. The number of primary amides is 1. The Labute approximate surface area is 123 Å². The van der Waals surface area contributed by atoms with E-state index >= 15 is 0 Å². The Morgan fingerprint density at radius 1 is 0.952 bits per heavy atom. The van der Waals surface area contributed by atoms with Gasteiger partial charge in [0.05, 0.1) is 0 Å². The largest absolute Gasteiger partial charge is 0.351 e. The minimum absolute atomic E-state index is 0.188. The average Bonchev–Trinajstić information content (AvgIpc) is 2.41. The SMILES string of the molecule is Cc1cccc(C(=O)Nc2cccc(NC(N)=O)c2)c1C. The highest BCUT2D eigenvalue weighted by atomic mass is 16.2. The highest BCUT2D eigenvalue weighted by Gasteiger charge is 2.10. The van der Waals surface area contributed by atoms with Gasteiger partial charge in [-0.25, -0.2) is 4.79 Å². The first-order chi connectivity index (χ1) is 9.97. The summed E-state index contributed by atoms with van der Waals surface area (Å²) in [4.78, 5) is 23.1. The lowest BCUT2D eigenvalue weighted by Crippen LogP contribution is -2.19. The summed E-state index contributed by atoms with van der Waals surface area (Å²) in [6.45, 7) is 3.87. The molecule has 0 saturated carbocycles. The van der Waals surface area contributed by atoms with Crippen LogP contribution < -0.4 is 16.4 Å². The molecule has 0 aliphatic rings. The van der Waals surface area contributed by atoms with Crippen molar-refractivity contribution < 1.29 is 9.59 Å². The summed E-state index contributed by atoms with van der Waals surface area (Å²) in [5, 5.41) is 5.28. The van der Waals surface area contributed by atoms with Gasteiger partial charge in [0.15, 0.2) is 0 Å². The van der Waals surface area contributed by atoms with Crippen LogP contribution in [0.15, 0.2) is 42.5 Å². The summed E-state index contributed by atoms with van der Waals surface area (Å²) in [6.07, 6.45) is 0. The number of carbonyl (C=O) groups is 2. The maximum Gasteiger partial charge on any atom is 0.316 e. The first-order valence-corrected chi connectivity index (χ1v) is 6.51. The molecule has 0 radical (unpaired) electrons. The first kappa shape index (κ1) is 14.6. The lowest BCUT2D eigenvalue weighted by atomic mass is 10.0. The Morgan fingerprint density at radius 3 is 2.24 bits per heavy atom. The quantitative estimate of drug-likeness (QED) is 0.808. The van der Waals surface area contributed by atoms with Crippen molar-refractivity contribution >= 4 is 23.3 Å². The van der Waals surface area contributed by atoms with E-state index in [-0.39, 0.29) is 5.91 Å². The molecule has 0 aliphatic carbocycles. The Balaban J connectivity index is 2.20. The second kappa shape index (κ2) is 6.09. The molecular weight excluding hydrogens is 266 g/mol. The summed E-state index contributed by atoms with van der Waals surface area (Å²) in [7, 11) is 0. The van der Waals surface area contributed by atoms with E-state index in [9.17, 15) is 9.59 Å². The van der Waals surface area contributed by atoms with Crippen LogP contribution in [0.1, 0.15) is 21.5 Å². The monoisotopic (exact) mass is 283 g/mol. The molecule has 5 heteroatoms. The van der Waals surface area contributed by atoms with Crippen molar-refractivity contribution in [3.8, 4) is 0 Å². The van der Waals surface area contributed by atoms with E-state index in [0.717, 1.165) is 11.1 Å². The Morgan fingerprint density at radius 2 is 1.57 bits per heavy atom. The van der Waals surface area contributed by atoms with Gasteiger partial charge in [-0.15, -0.1) is 0 Å². The Kier molecular flexibility index (Phi) is 4.23. The van der Waals surface area contributed by atoms with E-state index in [2.05, 4.69) is 10.6 Å². The minimum atomic E-state index is -0.645. The highest BCUT2D eigenvalue weighted by molar-refractivity contribution is 6.05. The van der Waals surface area contributed by atoms with E-state index in [4.69, 9.17) is 5.73 Å². The molecule has 0 aromatic heterocycles. The molecule has 0 heterocycles. The molecule has 0 saturated heterocycles. The molecule has 0 aliphatic heterocycles. The van der Waals surface area contributed by atoms with Gasteiger partial charge in [-0.3, -0.25) is 4.79 Å². The maximum absolute atomic E-state index is 12.3. The molecule has 0 unspecified atom stereocenters. The van der Waals surface area contributed by atoms with Gasteiger partial charge < -0.3 is 16.4 Å². The number of carbonyl (C=O) groups excluding carboxylic acids is 2. The van der Waals surface area contributed by atoms with Gasteiger partial charge in [0.1, 0.15) is 0 Å². The summed E-state index contributed by atoms with van der Waals surface area (Å²) >= 11 is 0. The van der Waals surface area contributed by atoms with Gasteiger partial charge >= 0.3 is 6.03 Å². The Hall–Kier alpha value is -2.82. The van der Waals surface area contributed by atoms with Crippen molar-refractivity contribution in [3.05, 3.63) is 59.2 Å². The zero-order chi connectivity index (χ0) is 15.4. The molecule has 5 nitrogen and oxygen atoms in total. The molecule has 0 atom stereocenters. The molecule has 0 spiro atoms. The van der Waals surface area contributed by atoms with Crippen molar-refractivity contribution in [1.29, 1.82) is 0 Å². The third-order valence-electron chi connectivity index (χ3n) is 3.24. The second-order valence-electron chi connectivity index (χ2n) is 4.77. The molecular formula is C16H17N3O2. The molecule has 2 rings (SSSR count). The fourth-order valence-corrected chi connectivity index (χ4v) is 2.01. The van der Waals surface area contributed by atoms with Crippen molar-refractivity contribution in [2.45, 2.75) is 13.8 Å². The van der Waals surface area contributed by atoms with Crippen LogP contribution in [0, 0.1) is 13.8 Å². The fraction of sp³-hybridized carbons (Fsp3) is 0.125. The lowest BCUT2D eigenvalue weighted by molar-refractivity contribution is 0.102. The fourth-order valence-electron chi connectivity index (χ4n) is 2.01. The molecule has 2 aromatic carbocycles. The number of benzene rings is 2.